The summed E-state index contributed by atoms with van der Waals surface area (Å²) in [6.45, 7) is 0. The van der Waals surface area contributed by atoms with Gasteiger partial charge < -0.3 is 4.98 Å². The first-order valence-electron chi connectivity index (χ1n) is 3.10. The molecule has 1 N–H and O–H groups in total. The van der Waals surface area contributed by atoms with E-state index in [0.29, 0.717) is 0 Å². The number of aromatic amines is 1. The Morgan fingerprint density at radius 3 is 2.92 bits per heavy atom. The van der Waals surface area contributed by atoms with Crippen molar-refractivity contribution >= 4 is 22.9 Å². The number of imidazole rings is 1. The van der Waals surface area contributed by atoms with Crippen LogP contribution in [0.4, 0.5) is 0 Å². The molecule has 0 saturated carbocycles. The Labute approximate surface area is 95.9 Å². The number of hydrogen-bond donors (Lipinski definition) is 1. The van der Waals surface area contributed by atoms with E-state index in [9.17, 15) is 0 Å². The minimum atomic E-state index is 0. The van der Waals surface area contributed by atoms with Crippen molar-refractivity contribution in [3.05, 3.63) is 12.7 Å². The van der Waals surface area contributed by atoms with Gasteiger partial charge in [-0.25, -0.2) is 15.0 Å². The Morgan fingerprint density at radius 2 is 2.17 bits per heavy atom. The molecule has 56 valence electrons. The topological polar surface area (TPSA) is 54.5 Å². The fourth-order valence-electron chi connectivity index (χ4n) is 0.898. The van der Waals surface area contributed by atoms with Crippen LogP contribution in [-0.4, -0.2) is 26.2 Å². The summed E-state index contributed by atoms with van der Waals surface area (Å²) < 4.78 is 0. The van der Waals surface area contributed by atoms with Crippen LogP contribution in [0.2, 0.25) is 0 Å². The van der Waals surface area contributed by atoms with Gasteiger partial charge in [0.25, 0.3) is 0 Å². The van der Waals surface area contributed by atoms with Crippen molar-refractivity contribution in [2.45, 2.75) is 5.03 Å². The Balaban J connectivity index is 0.000000720. The van der Waals surface area contributed by atoms with Crippen molar-refractivity contribution in [2.24, 2.45) is 0 Å². The van der Waals surface area contributed by atoms with Gasteiger partial charge in [0.1, 0.15) is 16.9 Å². The molecule has 2 rings (SSSR count). The number of rotatable bonds is 1. The summed E-state index contributed by atoms with van der Waals surface area (Å²) in [5.74, 6) is 0. The first-order valence-corrected chi connectivity index (χ1v) is 4.32. The number of fused-ring (bicyclic) bond motifs is 1. The molecule has 0 aromatic carbocycles. The minimum absolute atomic E-state index is 0. The van der Waals surface area contributed by atoms with Crippen LogP contribution in [0, 0.1) is 0 Å². The zero-order chi connectivity index (χ0) is 7.68. The van der Waals surface area contributed by atoms with E-state index in [-0.39, 0.29) is 29.6 Å². The fourth-order valence-corrected chi connectivity index (χ4v) is 1.40. The van der Waals surface area contributed by atoms with E-state index in [1.165, 1.54) is 6.33 Å². The number of nitrogens with zero attached hydrogens (tertiary/aromatic N) is 3. The maximum absolute atomic E-state index is 4.08. The smallest absolute Gasteiger partial charge is 0.341 e. The number of nitrogens with one attached hydrogen (secondary N) is 1. The third-order valence-electron chi connectivity index (χ3n) is 1.38. The van der Waals surface area contributed by atoms with Crippen LogP contribution in [0.25, 0.3) is 11.2 Å². The minimum Gasteiger partial charge on any atom is -0.341 e. The first kappa shape index (κ1) is 9.98. The molecule has 0 atom stereocenters. The van der Waals surface area contributed by atoms with Gasteiger partial charge in [-0.3, -0.25) is 0 Å². The van der Waals surface area contributed by atoms with Crippen LogP contribution in [0.5, 0.6) is 0 Å². The van der Waals surface area contributed by atoms with Gasteiger partial charge in [0.15, 0.2) is 5.65 Å². The predicted molar refractivity (Wildman–Crippen MR) is 43.5 cm³/mol. The van der Waals surface area contributed by atoms with Crippen molar-refractivity contribution in [3.63, 3.8) is 0 Å². The molecule has 0 aliphatic heterocycles. The summed E-state index contributed by atoms with van der Waals surface area (Å²) in [4.78, 5) is 15.1. The number of hydrogen-bond acceptors (Lipinski definition) is 4. The van der Waals surface area contributed by atoms with Crippen LogP contribution < -0.4 is 29.6 Å². The third kappa shape index (κ3) is 1.64. The van der Waals surface area contributed by atoms with Gasteiger partial charge in [-0.05, 0) is 6.26 Å². The van der Waals surface area contributed by atoms with Crippen molar-refractivity contribution < 1.29 is 29.6 Å². The van der Waals surface area contributed by atoms with E-state index in [1.807, 2.05) is 6.26 Å². The second-order valence-corrected chi connectivity index (χ2v) is 2.78. The molecule has 2 aromatic rings. The van der Waals surface area contributed by atoms with Crippen molar-refractivity contribution in [1.29, 1.82) is 0 Å². The van der Waals surface area contributed by atoms with Gasteiger partial charge in [-0.1, -0.05) is 0 Å². The molecule has 0 radical (unpaired) electrons. The van der Waals surface area contributed by atoms with E-state index < -0.39 is 0 Å². The maximum Gasteiger partial charge on any atom is 1.00 e. The summed E-state index contributed by atoms with van der Waals surface area (Å²) in [5, 5.41) is 0.938. The zero-order valence-electron chi connectivity index (χ0n) is 6.90. The van der Waals surface area contributed by atoms with Crippen molar-refractivity contribution in [3.8, 4) is 0 Å². The summed E-state index contributed by atoms with van der Waals surface area (Å²) in [5.41, 5.74) is 1.64. The van der Waals surface area contributed by atoms with E-state index >= 15 is 0 Å². The van der Waals surface area contributed by atoms with Gasteiger partial charge in [0, 0.05) is 0 Å². The average Bonchev–Trinajstić information content (AvgIpc) is 2.50. The molecule has 0 aliphatic carbocycles. The number of thioether (sulfide) groups is 1. The molecular formula is C6H6N4NaS+. The molecule has 0 bridgehead atoms. The molecule has 0 unspecified atom stereocenters. The fraction of sp³-hybridized carbons (Fsp3) is 0.167. The SMILES string of the molecule is CSc1ncnc2nc[nH]c12.[Na+]. The standard InChI is InChI=1S/C6H6N4S.Na/c1-11-6-4-5(8-2-7-4)9-3-10-6;/h2-3H,1H3,(H,7,8,9,10);/q;+1. The first-order chi connectivity index (χ1) is 5.42. The second kappa shape index (κ2) is 4.23. The van der Waals surface area contributed by atoms with Gasteiger partial charge in [-0.15, -0.1) is 11.8 Å². The summed E-state index contributed by atoms with van der Waals surface area (Å²) in [6.07, 6.45) is 5.12. The Bertz CT molecular complexity index is 374. The summed E-state index contributed by atoms with van der Waals surface area (Å²) >= 11 is 1.58. The molecule has 6 heteroatoms. The molecule has 0 amide bonds. The van der Waals surface area contributed by atoms with Crippen LogP contribution in [0.3, 0.4) is 0 Å². The maximum atomic E-state index is 4.08. The third-order valence-corrected chi connectivity index (χ3v) is 2.08. The average molecular weight is 189 g/mol. The normalized spacial score (nSPS) is 9.75. The van der Waals surface area contributed by atoms with Crippen molar-refractivity contribution in [2.75, 3.05) is 6.26 Å². The van der Waals surface area contributed by atoms with Crippen LogP contribution in [0.1, 0.15) is 0 Å². The monoisotopic (exact) mass is 189 g/mol. The number of H-pyrrole nitrogens is 1. The molecule has 12 heavy (non-hydrogen) atoms. The van der Waals surface area contributed by atoms with Gasteiger partial charge in [0.2, 0.25) is 0 Å². The van der Waals surface area contributed by atoms with E-state index in [2.05, 4.69) is 19.9 Å². The molecule has 0 aliphatic rings. The van der Waals surface area contributed by atoms with Gasteiger partial charge in [-0.2, -0.15) is 0 Å². The summed E-state index contributed by atoms with van der Waals surface area (Å²) in [7, 11) is 0. The molecule has 0 fully saturated rings. The van der Waals surface area contributed by atoms with Crippen LogP contribution in [0.15, 0.2) is 17.7 Å². The Morgan fingerprint density at radius 1 is 1.33 bits per heavy atom. The van der Waals surface area contributed by atoms with E-state index in [4.69, 9.17) is 0 Å². The molecule has 0 spiro atoms. The summed E-state index contributed by atoms with van der Waals surface area (Å²) in [6, 6.07) is 0. The molecule has 2 heterocycles. The second-order valence-electron chi connectivity index (χ2n) is 1.98. The predicted octanol–water partition coefficient (Wildman–Crippen LogP) is -1.92. The molecule has 0 saturated heterocycles. The zero-order valence-corrected chi connectivity index (χ0v) is 9.72. The molecular weight excluding hydrogens is 183 g/mol. The van der Waals surface area contributed by atoms with Crippen molar-refractivity contribution in [1.82, 2.24) is 19.9 Å². The van der Waals surface area contributed by atoms with Gasteiger partial charge >= 0.3 is 29.6 Å². The molecule has 4 nitrogen and oxygen atoms in total. The molecule has 2 aromatic heterocycles. The number of aromatic nitrogens is 4. The van der Waals surface area contributed by atoms with Crippen LogP contribution >= 0.6 is 11.8 Å². The quantitative estimate of drug-likeness (QED) is 0.323. The largest absolute Gasteiger partial charge is 1.00 e. The Hall–Kier alpha value is -0.100. The van der Waals surface area contributed by atoms with Crippen LogP contribution in [-0.2, 0) is 0 Å². The van der Waals surface area contributed by atoms with E-state index in [0.717, 1.165) is 16.2 Å². The Kier molecular flexibility index (Phi) is 3.52. The van der Waals surface area contributed by atoms with Gasteiger partial charge in [0.05, 0.1) is 6.33 Å². The van der Waals surface area contributed by atoms with E-state index in [1.54, 1.807) is 18.1 Å².